The molecule has 5 heteroatoms. The van der Waals surface area contributed by atoms with Gasteiger partial charge in [-0.05, 0) is 32.0 Å². The SMILES string of the molecule is CCNC(=O)c1cccc(NCc2cnc(C)s2)c1. The largest absolute Gasteiger partial charge is 0.380 e. The summed E-state index contributed by atoms with van der Waals surface area (Å²) in [6.07, 6.45) is 1.88. The lowest BCUT2D eigenvalue weighted by atomic mass is 10.2. The van der Waals surface area contributed by atoms with Crippen LogP contribution in [0.1, 0.15) is 27.2 Å². The van der Waals surface area contributed by atoms with Gasteiger partial charge in [-0.3, -0.25) is 4.79 Å². The number of rotatable bonds is 5. The molecule has 4 nitrogen and oxygen atoms in total. The average molecular weight is 275 g/mol. The first-order valence-electron chi connectivity index (χ1n) is 6.22. The molecule has 1 aromatic heterocycles. The number of nitrogens with zero attached hydrogens (tertiary/aromatic N) is 1. The molecule has 0 spiro atoms. The summed E-state index contributed by atoms with van der Waals surface area (Å²) in [5.74, 6) is -0.0419. The van der Waals surface area contributed by atoms with Crippen molar-refractivity contribution in [2.24, 2.45) is 0 Å². The Hall–Kier alpha value is -1.88. The lowest BCUT2D eigenvalue weighted by molar-refractivity contribution is 0.0956. The van der Waals surface area contributed by atoms with E-state index >= 15 is 0 Å². The highest BCUT2D eigenvalue weighted by atomic mass is 32.1. The molecule has 0 aliphatic rings. The van der Waals surface area contributed by atoms with E-state index in [1.165, 1.54) is 4.88 Å². The maximum absolute atomic E-state index is 11.7. The van der Waals surface area contributed by atoms with Crippen molar-refractivity contribution in [1.29, 1.82) is 0 Å². The number of benzene rings is 1. The normalized spacial score (nSPS) is 10.2. The molecule has 2 rings (SSSR count). The van der Waals surface area contributed by atoms with Gasteiger partial charge in [0.2, 0.25) is 0 Å². The monoisotopic (exact) mass is 275 g/mol. The first-order chi connectivity index (χ1) is 9.19. The van der Waals surface area contributed by atoms with Crippen molar-refractivity contribution in [3.63, 3.8) is 0 Å². The quantitative estimate of drug-likeness (QED) is 0.882. The maximum atomic E-state index is 11.7. The summed E-state index contributed by atoms with van der Waals surface area (Å²) < 4.78 is 0. The van der Waals surface area contributed by atoms with Crippen molar-refractivity contribution in [2.45, 2.75) is 20.4 Å². The van der Waals surface area contributed by atoms with Crippen molar-refractivity contribution in [3.05, 3.63) is 45.9 Å². The Morgan fingerprint density at radius 2 is 2.26 bits per heavy atom. The molecule has 0 aliphatic carbocycles. The zero-order valence-electron chi connectivity index (χ0n) is 11.1. The van der Waals surface area contributed by atoms with Crippen LogP contribution in [-0.4, -0.2) is 17.4 Å². The number of amides is 1. The minimum Gasteiger partial charge on any atom is -0.380 e. The fourth-order valence-electron chi connectivity index (χ4n) is 1.71. The predicted molar refractivity (Wildman–Crippen MR) is 78.6 cm³/mol. The van der Waals surface area contributed by atoms with E-state index in [2.05, 4.69) is 15.6 Å². The Labute approximate surface area is 116 Å². The van der Waals surface area contributed by atoms with E-state index in [-0.39, 0.29) is 5.91 Å². The van der Waals surface area contributed by atoms with Gasteiger partial charge >= 0.3 is 0 Å². The summed E-state index contributed by atoms with van der Waals surface area (Å²) >= 11 is 1.67. The second-order valence-electron chi connectivity index (χ2n) is 4.14. The molecule has 0 radical (unpaired) electrons. The van der Waals surface area contributed by atoms with Gasteiger partial charge in [0.25, 0.3) is 5.91 Å². The Balaban J connectivity index is 2.00. The van der Waals surface area contributed by atoms with Gasteiger partial charge < -0.3 is 10.6 Å². The topological polar surface area (TPSA) is 54.0 Å². The van der Waals surface area contributed by atoms with Gasteiger partial charge in [0, 0.05) is 28.9 Å². The second kappa shape index (κ2) is 6.33. The third-order valence-electron chi connectivity index (χ3n) is 2.60. The van der Waals surface area contributed by atoms with E-state index in [0.717, 1.165) is 17.2 Å². The molecule has 0 bridgehead atoms. The van der Waals surface area contributed by atoms with Crippen LogP contribution < -0.4 is 10.6 Å². The molecule has 1 heterocycles. The molecule has 1 aromatic carbocycles. The number of carbonyl (C=O) groups excluding carboxylic acids is 1. The number of aryl methyl sites for hydroxylation is 1. The van der Waals surface area contributed by atoms with Crippen LogP contribution in [-0.2, 0) is 6.54 Å². The number of anilines is 1. The Kier molecular flexibility index (Phi) is 4.52. The van der Waals surface area contributed by atoms with Crippen LogP contribution in [0.15, 0.2) is 30.5 Å². The minimum atomic E-state index is -0.0419. The molecule has 0 aliphatic heterocycles. The minimum absolute atomic E-state index is 0.0419. The summed E-state index contributed by atoms with van der Waals surface area (Å²) in [6, 6.07) is 7.51. The first kappa shape index (κ1) is 13.5. The predicted octanol–water partition coefficient (Wildman–Crippen LogP) is 2.81. The van der Waals surface area contributed by atoms with Crippen LogP contribution >= 0.6 is 11.3 Å². The first-order valence-corrected chi connectivity index (χ1v) is 7.04. The summed E-state index contributed by atoms with van der Waals surface area (Å²) in [6.45, 7) is 5.26. The number of hydrogen-bond donors (Lipinski definition) is 2. The van der Waals surface area contributed by atoms with Gasteiger partial charge in [0.15, 0.2) is 0 Å². The third-order valence-corrected chi connectivity index (χ3v) is 3.51. The molecule has 2 aromatic rings. The van der Waals surface area contributed by atoms with Crippen molar-refractivity contribution < 1.29 is 4.79 Å². The lowest BCUT2D eigenvalue weighted by Crippen LogP contribution is -2.22. The summed E-state index contributed by atoms with van der Waals surface area (Å²) in [5, 5.41) is 7.16. The molecule has 0 fully saturated rings. The van der Waals surface area contributed by atoms with Gasteiger partial charge in [-0.25, -0.2) is 4.98 Å². The molecule has 2 N–H and O–H groups in total. The van der Waals surface area contributed by atoms with E-state index < -0.39 is 0 Å². The number of nitrogens with one attached hydrogen (secondary N) is 2. The van der Waals surface area contributed by atoms with E-state index in [1.807, 2.05) is 44.3 Å². The Morgan fingerprint density at radius 1 is 1.42 bits per heavy atom. The lowest BCUT2D eigenvalue weighted by Gasteiger charge is -2.07. The highest BCUT2D eigenvalue weighted by molar-refractivity contribution is 7.11. The molecule has 19 heavy (non-hydrogen) atoms. The fraction of sp³-hybridized carbons (Fsp3) is 0.286. The van der Waals surface area contributed by atoms with Gasteiger partial charge in [-0.15, -0.1) is 11.3 Å². The highest BCUT2D eigenvalue weighted by Gasteiger charge is 2.05. The van der Waals surface area contributed by atoms with E-state index in [4.69, 9.17) is 0 Å². The molecule has 0 unspecified atom stereocenters. The molecule has 0 saturated carbocycles. The molecular formula is C14H17N3OS. The maximum Gasteiger partial charge on any atom is 0.251 e. The number of thiazole rings is 1. The third kappa shape index (κ3) is 3.79. The second-order valence-corrected chi connectivity index (χ2v) is 5.46. The summed E-state index contributed by atoms with van der Waals surface area (Å²) in [4.78, 5) is 17.1. The molecule has 1 amide bonds. The smallest absolute Gasteiger partial charge is 0.251 e. The van der Waals surface area contributed by atoms with Crippen molar-refractivity contribution >= 4 is 22.9 Å². The molecule has 100 valence electrons. The zero-order valence-corrected chi connectivity index (χ0v) is 11.9. The van der Waals surface area contributed by atoms with Crippen LogP contribution in [0.4, 0.5) is 5.69 Å². The van der Waals surface area contributed by atoms with Crippen LogP contribution in [0.5, 0.6) is 0 Å². The fourth-order valence-corrected chi connectivity index (χ4v) is 2.44. The summed E-state index contributed by atoms with van der Waals surface area (Å²) in [7, 11) is 0. The number of aromatic nitrogens is 1. The Morgan fingerprint density at radius 3 is 2.95 bits per heavy atom. The van der Waals surface area contributed by atoms with Gasteiger partial charge in [0.1, 0.15) is 0 Å². The molecule has 0 saturated heterocycles. The highest BCUT2D eigenvalue weighted by Crippen LogP contribution is 2.15. The van der Waals surface area contributed by atoms with Gasteiger partial charge in [-0.1, -0.05) is 6.07 Å². The van der Waals surface area contributed by atoms with Crippen LogP contribution in [0, 0.1) is 6.92 Å². The number of hydrogen-bond acceptors (Lipinski definition) is 4. The average Bonchev–Trinajstić information content (AvgIpc) is 2.83. The van der Waals surface area contributed by atoms with E-state index in [0.29, 0.717) is 12.1 Å². The standard InChI is InChI=1S/C14H17N3OS/c1-3-15-14(18)11-5-4-6-12(7-11)17-9-13-8-16-10(2)19-13/h4-8,17H,3,9H2,1-2H3,(H,15,18). The van der Waals surface area contributed by atoms with Crippen LogP contribution in [0.3, 0.4) is 0 Å². The van der Waals surface area contributed by atoms with Gasteiger partial charge in [-0.2, -0.15) is 0 Å². The molecule has 0 atom stereocenters. The van der Waals surface area contributed by atoms with Crippen molar-refractivity contribution in [3.8, 4) is 0 Å². The van der Waals surface area contributed by atoms with E-state index in [9.17, 15) is 4.79 Å². The number of carbonyl (C=O) groups is 1. The summed E-state index contributed by atoms with van der Waals surface area (Å²) in [5.41, 5.74) is 1.61. The van der Waals surface area contributed by atoms with E-state index in [1.54, 1.807) is 11.3 Å². The Bertz CT molecular complexity index is 565. The zero-order chi connectivity index (χ0) is 13.7. The van der Waals surface area contributed by atoms with Crippen molar-refractivity contribution in [1.82, 2.24) is 10.3 Å². The van der Waals surface area contributed by atoms with Crippen LogP contribution in [0.2, 0.25) is 0 Å². The van der Waals surface area contributed by atoms with Gasteiger partial charge in [0.05, 0.1) is 11.6 Å². The van der Waals surface area contributed by atoms with Crippen molar-refractivity contribution in [2.75, 3.05) is 11.9 Å². The molecular weight excluding hydrogens is 258 g/mol. The van der Waals surface area contributed by atoms with Crippen LogP contribution in [0.25, 0.3) is 0 Å².